The van der Waals surface area contributed by atoms with Crippen LogP contribution in [0.2, 0.25) is 5.02 Å². The Bertz CT molecular complexity index is 945. The third-order valence-electron chi connectivity index (χ3n) is 4.14. The molecule has 2 aromatic carbocycles. The molecular weight excluding hydrogens is 361 g/mol. The van der Waals surface area contributed by atoms with E-state index < -0.39 is 0 Å². The van der Waals surface area contributed by atoms with E-state index in [4.69, 9.17) is 11.6 Å². The molecule has 25 heavy (non-hydrogen) atoms. The smallest absolute Gasteiger partial charge is 0.229 e. The minimum Gasteiger partial charge on any atom is -0.300 e. The van der Waals surface area contributed by atoms with Crippen molar-refractivity contribution in [1.82, 2.24) is 9.36 Å². The van der Waals surface area contributed by atoms with Gasteiger partial charge in [-0.25, -0.2) is 4.39 Å². The highest BCUT2D eigenvalue weighted by molar-refractivity contribution is 7.10. The third-order valence-corrected chi connectivity index (χ3v) is 5.01. The summed E-state index contributed by atoms with van der Waals surface area (Å²) < 4.78 is 17.6. The van der Waals surface area contributed by atoms with Gasteiger partial charge in [-0.1, -0.05) is 35.9 Å². The van der Waals surface area contributed by atoms with Crippen LogP contribution in [0.5, 0.6) is 0 Å². The molecule has 1 aromatic heterocycles. The van der Waals surface area contributed by atoms with Crippen LogP contribution in [0.3, 0.4) is 0 Å². The van der Waals surface area contributed by atoms with Gasteiger partial charge >= 0.3 is 0 Å². The van der Waals surface area contributed by atoms with E-state index in [1.807, 2.05) is 18.2 Å². The minimum absolute atomic E-state index is 0.0658. The first-order chi connectivity index (χ1) is 12.1. The summed E-state index contributed by atoms with van der Waals surface area (Å²) in [6.07, 6.45) is 0.718. The zero-order chi connectivity index (χ0) is 17.4. The van der Waals surface area contributed by atoms with E-state index >= 15 is 0 Å². The minimum atomic E-state index is -0.279. The molecule has 1 aliphatic carbocycles. The lowest BCUT2D eigenvalue weighted by atomic mass is 10.1. The number of nitrogens with zero attached hydrogens (tertiary/aromatic N) is 2. The monoisotopic (exact) mass is 373 g/mol. The number of amides is 1. The molecule has 7 heteroatoms. The Labute approximate surface area is 152 Å². The van der Waals surface area contributed by atoms with Crippen LogP contribution in [0, 0.1) is 11.7 Å². The predicted molar refractivity (Wildman–Crippen MR) is 96.2 cm³/mol. The quantitative estimate of drug-likeness (QED) is 0.718. The Morgan fingerprint density at radius 1 is 1.24 bits per heavy atom. The number of halogens is 2. The number of hydrogen-bond donors (Lipinski definition) is 1. The van der Waals surface area contributed by atoms with Gasteiger partial charge in [-0.05, 0) is 42.2 Å². The second-order valence-electron chi connectivity index (χ2n) is 5.93. The van der Waals surface area contributed by atoms with Gasteiger partial charge < -0.3 is 5.32 Å². The lowest BCUT2D eigenvalue weighted by Crippen LogP contribution is -2.14. The summed E-state index contributed by atoms with van der Waals surface area (Å²) in [4.78, 5) is 16.7. The van der Waals surface area contributed by atoms with Gasteiger partial charge in [0, 0.05) is 28.0 Å². The first kappa shape index (κ1) is 16.2. The number of rotatable bonds is 4. The van der Waals surface area contributed by atoms with Crippen molar-refractivity contribution in [2.24, 2.45) is 5.92 Å². The normalized spacial score (nSPS) is 18.8. The maximum absolute atomic E-state index is 13.3. The van der Waals surface area contributed by atoms with Crippen LogP contribution in [0.4, 0.5) is 9.52 Å². The Kier molecular flexibility index (Phi) is 4.23. The van der Waals surface area contributed by atoms with Gasteiger partial charge in [0.15, 0.2) is 5.82 Å². The van der Waals surface area contributed by atoms with E-state index in [0.29, 0.717) is 16.0 Å². The summed E-state index contributed by atoms with van der Waals surface area (Å²) in [5.74, 6) is 0.0542. The topological polar surface area (TPSA) is 54.9 Å². The average Bonchev–Trinajstić information content (AvgIpc) is 3.27. The van der Waals surface area contributed by atoms with Crippen LogP contribution in [-0.4, -0.2) is 15.3 Å². The number of benzene rings is 2. The molecule has 0 radical (unpaired) electrons. The van der Waals surface area contributed by atoms with Crippen molar-refractivity contribution in [3.05, 3.63) is 64.9 Å². The van der Waals surface area contributed by atoms with Crippen LogP contribution < -0.4 is 5.32 Å². The zero-order valence-corrected chi connectivity index (χ0v) is 14.5. The first-order valence-corrected chi connectivity index (χ1v) is 8.91. The highest BCUT2D eigenvalue weighted by Gasteiger charge is 2.44. The highest BCUT2D eigenvalue weighted by Crippen LogP contribution is 2.48. The molecule has 2 atom stereocenters. The largest absolute Gasteiger partial charge is 0.300 e. The van der Waals surface area contributed by atoms with Crippen LogP contribution in [-0.2, 0) is 4.79 Å². The summed E-state index contributed by atoms with van der Waals surface area (Å²) in [7, 11) is 0. The molecule has 0 unspecified atom stereocenters. The van der Waals surface area contributed by atoms with Crippen LogP contribution in [0.25, 0.3) is 11.4 Å². The molecule has 0 spiro atoms. The molecule has 0 bridgehead atoms. The highest BCUT2D eigenvalue weighted by atomic mass is 35.5. The summed E-state index contributed by atoms with van der Waals surface area (Å²) in [5.41, 5.74) is 1.66. The lowest BCUT2D eigenvalue weighted by molar-refractivity contribution is -0.117. The van der Waals surface area contributed by atoms with Crippen molar-refractivity contribution in [3.8, 4) is 11.4 Å². The second-order valence-corrected chi connectivity index (χ2v) is 7.11. The van der Waals surface area contributed by atoms with Gasteiger partial charge in [-0.3, -0.25) is 4.79 Å². The van der Waals surface area contributed by atoms with Gasteiger partial charge in [0.1, 0.15) is 5.82 Å². The molecule has 4 nitrogen and oxygen atoms in total. The Morgan fingerprint density at radius 3 is 2.88 bits per heavy atom. The summed E-state index contributed by atoms with van der Waals surface area (Å²) in [5, 5.41) is 3.86. The first-order valence-electron chi connectivity index (χ1n) is 7.76. The Balaban J connectivity index is 1.42. The molecule has 1 heterocycles. The maximum atomic E-state index is 13.3. The zero-order valence-electron chi connectivity index (χ0n) is 12.9. The van der Waals surface area contributed by atoms with E-state index in [2.05, 4.69) is 14.7 Å². The van der Waals surface area contributed by atoms with Crippen molar-refractivity contribution in [2.75, 3.05) is 5.32 Å². The fraction of sp³-hybridized carbons (Fsp3) is 0.167. The molecule has 126 valence electrons. The fourth-order valence-corrected chi connectivity index (χ4v) is 3.59. The van der Waals surface area contributed by atoms with Crippen molar-refractivity contribution < 1.29 is 9.18 Å². The van der Waals surface area contributed by atoms with Crippen LogP contribution in [0.1, 0.15) is 17.9 Å². The van der Waals surface area contributed by atoms with Gasteiger partial charge in [0.2, 0.25) is 11.0 Å². The second kappa shape index (κ2) is 6.54. The lowest BCUT2D eigenvalue weighted by Gasteiger charge is -2.01. The van der Waals surface area contributed by atoms with E-state index in [0.717, 1.165) is 29.1 Å². The number of carbonyl (C=O) groups excluding carboxylic acids is 1. The SMILES string of the molecule is O=C(Nc1nc(-c2cccc(Cl)c2)ns1)[C@@H]1C[C@@H]1c1cccc(F)c1. The van der Waals surface area contributed by atoms with E-state index in [-0.39, 0.29) is 23.6 Å². The van der Waals surface area contributed by atoms with Crippen molar-refractivity contribution >= 4 is 34.2 Å². The van der Waals surface area contributed by atoms with Crippen LogP contribution >= 0.6 is 23.1 Å². The van der Waals surface area contributed by atoms with Crippen molar-refractivity contribution in [1.29, 1.82) is 0 Å². The molecule has 0 aliphatic heterocycles. The van der Waals surface area contributed by atoms with Crippen molar-refractivity contribution in [2.45, 2.75) is 12.3 Å². The molecule has 1 amide bonds. The number of anilines is 1. The molecule has 1 N–H and O–H groups in total. The van der Waals surface area contributed by atoms with Gasteiger partial charge in [0.25, 0.3) is 0 Å². The third kappa shape index (κ3) is 3.55. The molecule has 3 aromatic rings. The standard InChI is InChI=1S/C18H13ClFN3OS/c19-12-5-1-4-11(7-12)16-21-18(25-23-16)22-17(24)15-9-14(15)10-3-2-6-13(20)8-10/h1-8,14-15H,9H2,(H,21,22,23,24)/t14-,15-/m1/s1. The fourth-order valence-electron chi connectivity index (χ4n) is 2.81. The summed E-state index contributed by atoms with van der Waals surface area (Å²) in [6.45, 7) is 0. The van der Waals surface area contributed by atoms with Gasteiger partial charge in [0.05, 0.1) is 0 Å². The van der Waals surface area contributed by atoms with Gasteiger partial charge in [-0.2, -0.15) is 9.36 Å². The molecule has 0 saturated heterocycles. The molecule has 1 fully saturated rings. The molecule has 1 saturated carbocycles. The number of carbonyl (C=O) groups is 1. The maximum Gasteiger partial charge on any atom is 0.229 e. The number of aromatic nitrogens is 2. The summed E-state index contributed by atoms with van der Waals surface area (Å²) in [6, 6.07) is 13.6. The molecule has 4 rings (SSSR count). The molecule has 1 aliphatic rings. The number of hydrogen-bond acceptors (Lipinski definition) is 4. The van der Waals surface area contributed by atoms with E-state index in [1.165, 1.54) is 12.1 Å². The summed E-state index contributed by atoms with van der Waals surface area (Å²) >= 11 is 7.10. The predicted octanol–water partition coefficient (Wildman–Crippen LogP) is 4.74. The Morgan fingerprint density at radius 2 is 2.08 bits per heavy atom. The molecular formula is C18H13ClFN3OS. The van der Waals surface area contributed by atoms with E-state index in [1.54, 1.807) is 18.2 Å². The average molecular weight is 374 g/mol. The Hall–Kier alpha value is -2.31. The van der Waals surface area contributed by atoms with Crippen LogP contribution in [0.15, 0.2) is 48.5 Å². The van der Waals surface area contributed by atoms with Gasteiger partial charge in [-0.15, -0.1) is 0 Å². The van der Waals surface area contributed by atoms with Crippen molar-refractivity contribution in [3.63, 3.8) is 0 Å². The van der Waals surface area contributed by atoms with E-state index in [9.17, 15) is 9.18 Å². The number of nitrogens with one attached hydrogen (secondary N) is 1.